The van der Waals surface area contributed by atoms with Gasteiger partial charge in [0.15, 0.2) is 0 Å². The highest BCUT2D eigenvalue weighted by atomic mass is 35.5. The Morgan fingerprint density at radius 3 is 2.72 bits per heavy atom. The van der Waals surface area contributed by atoms with Crippen molar-refractivity contribution in [3.8, 4) is 5.88 Å². The van der Waals surface area contributed by atoms with Gasteiger partial charge < -0.3 is 14.2 Å². The molecule has 7 nitrogen and oxygen atoms in total. The Labute approximate surface area is 109 Å². The molecular formula is C10H13ClN2O5. The van der Waals surface area contributed by atoms with Gasteiger partial charge in [0.1, 0.15) is 11.8 Å². The van der Waals surface area contributed by atoms with Gasteiger partial charge in [0.25, 0.3) is 5.88 Å². The largest absolute Gasteiger partial charge is 0.470 e. The molecule has 0 aliphatic carbocycles. The van der Waals surface area contributed by atoms with Crippen LogP contribution in [0.1, 0.15) is 0 Å². The minimum atomic E-state index is -0.579. The molecule has 0 atom stereocenters. The second-order valence-corrected chi connectivity index (χ2v) is 3.56. The summed E-state index contributed by atoms with van der Waals surface area (Å²) in [6, 6.07) is 2.58. The van der Waals surface area contributed by atoms with E-state index in [-0.39, 0.29) is 29.9 Å². The van der Waals surface area contributed by atoms with Crippen LogP contribution in [0.4, 0.5) is 5.69 Å². The number of methoxy groups -OCH3 is 1. The Hall–Kier alpha value is -1.44. The summed E-state index contributed by atoms with van der Waals surface area (Å²) in [6.07, 6.45) is 0. The predicted molar refractivity (Wildman–Crippen MR) is 64.1 cm³/mol. The fraction of sp³-hybridized carbons (Fsp3) is 0.500. The number of pyridine rings is 1. The van der Waals surface area contributed by atoms with Crippen molar-refractivity contribution in [2.75, 3.05) is 33.5 Å². The maximum atomic E-state index is 10.7. The van der Waals surface area contributed by atoms with Crippen molar-refractivity contribution in [3.05, 3.63) is 27.4 Å². The molecule has 0 saturated carbocycles. The van der Waals surface area contributed by atoms with E-state index in [0.717, 1.165) is 0 Å². The number of hydrogen-bond donors (Lipinski definition) is 0. The van der Waals surface area contributed by atoms with Crippen molar-refractivity contribution in [3.63, 3.8) is 0 Å². The number of nitro groups is 1. The highest BCUT2D eigenvalue weighted by Crippen LogP contribution is 2.25. The molecule has 0 unspecified atom stereocenters. The van der Waals surface area contributed by atoms with Gasteiger partial charge >= 0.3 is 5.69 Å². The van der Waals surface area contributed by atoms with Crippen LogP contribution in [0.25, 0.3) is 0 Å². The molecule has 0 aliphatic rings. The molecule has 0 N–H and O–H groups in total. The molecule has 100 valence electrons. The van der Waals surface area contributed by atoms with Crippen molar-refractivity contribution in [2.45, 2.75) is 0 Å². The van der Waals surface area contributed by atoms with Crippen molar-refractivity contribution in [1.82, 2.24) is 4.98 Å². The summed E-state index contributed by atoms with van der Waals surface area (Å²) in [5.74, 6) is -0.108. The van der Waals surface area contributed by atoms with Gasteiger partial charge in [0.05, 0.1) is 24.7 Å². The third kappa shape index (κ3) is 4.82. The molecule has 0 amide bonds. The Morgan fingerprint density at radius 2 is 2.06 bits per heavy atom. The molecule has 0 aromatic carbocycles. The lowest BCUT2D eigenvalue weighted by Gasteiger charge is -2.06. The van der Waals surface area contributed by atoms with Gasteiger partial charge in [0.2, 0.25) is 0 Å². The van der Waals surface area contributed by atoms with Gasteiger partial charge in [-0.1, -0.05) is 11.6 Å². The summed E-state index contributed by atoms with van der Waals surface area (Å²) in [5.41, 5.74) is -0.226. The fourth-order valence-electron chi connectivity index (χ4n) is 1.10. The lowest BCUT2D eigenvalue weighted by Crippen LogP contribution is -2.11. The molecule has 1 heterocycles. The molecule has 1 rings (SSSR count). The van der Waals surface area contributed by atoms with E-state index in [9.17, 15) is 10.1 Å². The summed E-state index contributed by atoms with van der Waals surface area (Å²) in [4.78, 5) is 13.9. The second-order valence-electron chi connectivity index (χ2n) is 3.17. The topological polar surface area (TPSA) is 83.7 Å². The summed E-state index contributed by atoms with van der Waals surface area (Å²) in [5, 5.41) is 10.8. The number of ether oxygens (including phenoxy) is 3. The third-order valence-electron chi connectivity index (χ3n) is 1.90. The average molecular weight is 277 g/mol. The maximum absolute atomic E-state index is 10.7. The van der Waals surface area contributed by atoms with Crippen LogP contribution in [0, 0.1) is 10.1 Å². The molecule has 18 heavy (non-hydrogen) atoms. The van der Waals surface area contributed by atoms with Crippen molar-refractivity contribution >= 4 is 17.3 Å². The third-order valence-corrected chi connectivity index (χ3v) is 2.11. The number of hydrogen-bond acceptors (Lipinski definition) is 6. The summed E-state index contributed by atoms with van der Waals surface area (Å²) in [6.45, 7) is 1.35. The van der Waals surface area contributed by atoms with Crippen molar-refractivity contribution in [2.24, 2.45) is 0 Å². The van der Waals surface area contributed by atoms with Gasteiger partial charge in [-0.3, -0.25) is 10.1 Å². The summed E-state index contributed by atoms with van der Waals surface area (Å²) in [7, 11) is 1.57. The Balaban J connectivity index is 2.45. The van der Waals surface area contributed by atoms with Gasteiger partial charge in [-0.15, -0.1) is 0 Å². The van der Waals surface area contributed by atoms with E-state index in [4.69, 9.17) is 25.8 Å². The molecule has 8 heteroatoms. The van der Waals surface area contributed by atoms with Gasteiger partial charge in [-0.2, -0.15) is 4.98 Å². The SMILES string of the molecule is COCCOCCOc1nc(Cl)ccc1[N+](=O)[O-]. The van der Waals surface area contributed by atoms with E-state index in [1.807, 2.05) is 0 Å². The number of halogens is 1. The van der Waals surface area contributed by atoms with Crippen LogP contribution in [0.3, 0.4) is 0 Å². The Kier molecular flexibility index (Phi) is 6.34. The van der Waals surface area contributed by atoms with Crippen molar-refractivity contribution < 1.29 is 19.1 Å². The van der Waals surface area contributed by atoms with Crippen LogP contribution in [-0.4, -0.2) is 43.4 Å². The van der Waals surface area contributed by atoms with Crippen LogP contribution in [-0.2, 0) is 9.47 Å². The average Bonchev–Trinajstić information content (AvgIpc) is 2.33. The zero-order chi connectivity index (χ0) is 13.4. The fourth-order valence-corrected chi connectivity index (χ4v) is 1.24. The Morgan fingerprint density at radius 1 is 1.33 bits per heavy atom. The molecule has 0 spiro atoms. The highest BCUT2D eigenvalue weighted by molar-refractivity contribution is 6.29. The maximum Gasteiger partial charge on any atom is 0.331 e. The first-order valence-electron chi connectivity index (χ1n) is 5.15. The predicted octanol–water partition coefficient (Wildman–Crippen LogP) is 1.69. The zero-order valence-electron chi connectivity index (χ0n) is 9.80. The van der Waals surface area contributed by atoms with E-state index in [1.54, 1.807) is 7.11 Å². The minimum Gasteiger partial charge on any atom is -0.470 e. The molecule has 1 aromatic heterocycles. The minimum absolute atomic E-state index is 0.108. The van der Waals surface area contributed by atoms with Crippen LogP contribution < -0.4 is 4.74 Å². The van der Waals surface area contributed by atoms with E-state index in [1.165, 1.54) is 12.1 Å². The molecular weight excluding hydrogens is 264 g/mol. The van der Waals surface area contributed by atoms with Crippen LogP contribution in [0.2, 0.25) is 5.15 Å². The number of aromatic nitrogens is 1. The van der Waals surface area contributed by atoms with Crippen LogP contribution in [0.15, 0.2) is 12.1 Å². The lowest BCUT2D eigenvalue weighted by molar-refractivity contribution is -0.386. The first-order chi connectivity index (χ1) is 8.65. The first-order valence-corrected chi connectivity index (χ1v) is 5.53. The summed E-state index contributed by atoms with van der Waals surface area (Å²) < 4.78 is 15.1. The van der Waals surface area contributed by atoms with E-state index < -0.39 is 4.92 Å². The van der Waals surface area contributed by atoms with Crippen LogP contribution in [0.5, 0.6) is 5.88 Å². The monoisotopic (exact) mass is 276 g/mol. The lowest BCUT2D eigenvalue weighted by atomic mass is 10.4. The molecule has 1 aromatic rings. The van der Waals surface area contributed by atoms with Crippen molar-refractivity contribution in [1.29, 1.82) is 0 Å². The number of rotatable bonds is 8. The second kappa shape index (κ2) is 7.80. The van der Waals surface area contributed by atoms with E-state index in [0.29, 0.717) is 13.2 Å². The van der Waals surface area contributed by atoms with E-state index in [2.05, 4.69) is 4.98 Å². The molecule has 0 aliphatic heterocycles. The highest BCUT2D eigenvalue weighted by Gasteiger charge is 2.17. The van der Waals surface area contributed by atoms with Gasteiger partial charge in [-0.25, -0.2) is 0 Å². The molecule has 0 saturated heterocycles. The van der Waals surface area contributed by atoms with Gasteiger partial charge in [-0.05, 0) is 6.07 Å². The van der Waals surface area contributed by atoms with Crippen LogP contribution >= 0.6 is 11.6 Å². The zero-order valence-corrected chi connectivity index (χ0v) is 10.6. The van der Waals surface area contributed by atoms with Gasteiger partial charge in [0, 0.05) is 13.2 Å². The Bertz CT molecular complexity index is 402. The normalized spacial score (nSPS) is 10.3. The summed E-state index contributed by atoms with van der Waals surface area (Å²) >= 11 is 5.64. The standard InChI is InChI=1S/C10H13ClN2O5/c1-16-4-5-17-6-7-18-10-8(13(14)15)2-3-9(11)12-10/h2-3H,4-7H2,1H3. The molecule has 0 fully saturated rings. The number of nitrogens with zero attached hydrogens (tertiary/aromatic N) is 2. The molecule has 0 bridgehead atoms. The van der Waals surface area contributed by atoms with E-state index >= 15 is 0 Å². The smallest absolute Gasteiger partial charge is 0.331 e. The quantitative estimate of drug-likeness (QED) is 0.311. The first kappa shape index (κ1) is 14.6. The molecule has 0 radical (unpaired) electrons.